The fourth-order valence-electron chi connectivity index (χ4n) is 3.86. The van der Waals surface area contributed by atoms with Crippen LogP contribution in [0.15, 0.2) is 28.7 Å². The Morgan fingerprint density at radius 3 is 2.54 bits per heavy atom. The van der Waals surface area contributed by atoms with Crippen molar-refractivity contribution in [3.8, 4) is 17.0 Å². The highest BCUT2D eigenvalue weighted by Crippen LogP contribution is 2.39. The molecular weight excluding hydrogens is 439 g/mol. The number of carboxylic acid groups (broad SMARTS) is 1. The summed E-state index contributed by atoms with van der Waals surface area (Å²) in [5.41, 5.74) is 1.24. The summed E-state index contributed by atoms with van der Waals surface area (Å²) >= 11 is 3.29. The van der Waals surface area contributed by atoms with Crippen molar-refractivity contribution in [2.75, 3.05) is 0 Å². The van der Waals surface area contributed by atoms with Gasteiger partial charge in [-0.25, -0.2) is 4.79 Å². The zero-order valence-electron chi connectivity index (χ0n) is 15.4. The molecule has 0 unspecified atom stereocenters. The monoisotopic (exact) mass is 459 g/mol. The Kier molecular flexibility index (Phi) is 6.07. The molecule has 0 saturated heterocycles. The molecule has 152 valence electrons. The maximum absolute atomic E-state index is 12.9. The fraction of sp³-hybridized carbons (Fsp3) is 0.450. The summed E-state index contributed by atoms with van der Waals surface area (Å²) in [7, 11) is 0. The third-order valence-electron chi connectivity index (χ3n) is 5.21. The van der Waals surface area contributed by atoms with Crippen LogP contribution >= 0.6 is 15.9 Å². The van der Waals surface area contributed by atoms with E-state index in [4.69, 9.17) is 0 Å². The van der Waals surface area contributed by atoms with Gasteiger partial charge in [-0.1, -0.05) is 35.2 Å². The highest BCUT2D eigenvalue weighted by molar-refractivity contribution is 9.10. The molecule has 1 N–H and O–H groups in total. The van der Waals surface area contributed by atoms with Crippen LogP contribution in [0.4, 0.5) is 13.2 Å². The summed E-state index contributed by atoms with van der Waals surface area (Å²) < 4.78 is 45.3. The Morgan fingerprint density at radius 2 is 1.93 bits per heavy atom. The molecule has 1 aliphatic rings. The van der Waals surface area contributed by atoms with Gasteiger partial charge in [-0.05, 0) is 49.9 Å². The van der Waals surface area contributed by atoms with Crippen LogP contribution in [0, 0.1) is 12.8 Å². The van der Waals surface area contributed by atoms with Crippen LogP contribution < -0.4 is 4.74 Å². The molecule has 28 heavy (non-hydrogen) atoms. The number of carbonyl (C=O) groups is 1. The molecule has 0 aliphatic heterocycles. The van der Waals surface area contributed by atoms with Gasteiger partial charge in [0.25, 0.3) is 0 Å². The minimum Gasteiger partial charge on any atom is -0.478 e. The summed E-state index contributed by atoms with van der Waals surface area (Å²) in [6, 6.07) is 5.66. The van der Waals surface area contributed by atoms with Crippen molar-refractivity contribution in [2.24, 2.45) is 5.92 Å². The number of halogens is 4. The molecule has 8 heteroatoms. The van der Waals surface area contributed by atoms with E-state index in [0.29, 0.717) is 28.3 Å². The minimum absolute atomic E-state index is 0.0868. The quantitative estimate of drug-likeness (QED) is 0.562. The largest absolute Gasteiger partial charge is 0.573 e. The molecule has 1 heterocycles. The van der Waals surface area contributed by atoms with Gasteiger partial charge in [-0.2, -0.15) is 0 Å². The number of hydrogen-bond acceptors (Lipinski definition) is 2. The molecule has 3 rings (SSSR count). The van der Waals surface area contributed by atoms with Crippen LogP contribution in [0.1, 0.15) is 48.2 Å². The second kappa shape index (κ2) is 8.19. The van der Waals surface area contributed by atoms with Gasteiger partial charge >= 0.3 is 12.3 Å². The summed E-state index contributed by atoms with van der Waals surface area (Å²) in [5.74, 6) is -1.08. The third-order valence-corrected chi connectivity index (χ3v) is 5.70. The van der Waals surface area contributed by atoms with Crippen LogP contribution in [0.5, 0.6) is 5.75 Å². The van der Waals surface area contributed by atoms with E-state index >= 15 is 0 Å². The molecule has 1 aromatic carbocycles. The molecule has 2 aromatic rings. The van der Waals surface area contributed by atoms with Crippen LogP contribution in [-0.4, -0.2) is 22.0 Å². The highest BCUT2D eigenvalue weighted by atomic mass is 79.9. The van der Waals surface area contributed by atoms with E-state index in [9.17, 15) is 23.1 Å². The molecule has 1 fully saturated rings. The smallest absolute Gasteiger partial charge is 0.478 e. The van der Waals surface area contributed by atoms with Gasteiger partial charge in [0.2, 0.25) is 0 Å². The zero-order chi connectivity index (χ0) is 20.5. The highest BCUT2D eigenvalue weighted by Gasteiger charge is 2.33. The van der Waals surface area contributed by atoms with Gasteiger partial charge < -0.3 is 14.4 Å². The van der Waals surface area contributed by atoms with Gasteiger partial charge in [-0.15, -0.1) is 13.2 Å². The third kappa shape index (κ3) is 4.71. The zero-order valence-corrected chi connectivity index (χ0v) is 16.9. The first-order valence-corrected chi connectivity index (χ1v) is 9.94. The second-order valence-corrected chi connectivity index (χ2v) is 8.05. The SMILES string of the molecule is Cc1c(C(=O)O)cc(-c2cc(Br)ccc2OC(F)(F)F)n1CC1CCCCC1. The van der Waals surface area contributed by atoms with E-state index in [-0.39, 0.29) is 16.9 Å². The first-order chi connectivity index (χ1) is 13.2. The predicted octanol–water partition coefficient (Wildman–Crippen LogP) is 6.40. The Balaban J connectivity index is 2.11. The average molecular weight is 460 g/mol. The van der Waals surface area contributed by atoms with Crippen LogP contribution in [0.25, 0.3) is 11.3 Å². The number of alkyl halides is 3. The molecule has 0 amide bonds. The van der Waals surface area contributed by atoms with Gasteiger partial charge in [0.05, 0.1) is 11.3 Å². The number of nitrogens with zero attached hydrogens (tertiary/aromatic N) is 1. The first-order valence-electron chi connectivity index (χ1n) is 9.15. The van der Waals surface area contributed by atoms with Crippen LogP contribution in [0.2, 0.25) is 0 Å². The van der Waals surface area contributed by atoms with Crippen molar-refractivity contribution in [3.05, 3.63) is 40.0 Å². The van der Waals surface area contributed by atoms with Gasteiger partial charge in [-0.3, -0.25) is 0 Å². The van der Waals surface area contributed by atoms with Crippen molar-refractivity contribution in [1.29, 1.82) is 0 Å². The number of rotatable bonds is 5. The van der Waals surface area contributed by atoms with E-state index in [2.05, 4.69) is 20.7 Å². The van der Waals surface area contributed by atoms with E-state index in [1.807, 2.05) is 4.57 Å². The number of hydrogen-bond donors (Lipinski definition) is 1. The molecule has 1 saturated carbocycles. The molecule has 0 atom stereocenters. The van der Waals surface area contributed by atoms with Crippen molar-refractivity contribution in [2.45, 2.75) is 51.9 Å². The Bertz CT molecular complexity index is 870. The molecule has 0 radical (unpaired) electrons. The van der Waals surface area contributed by atoms with Gasteiger partial charge in [0.1, 0.15) is 5.75 Å². The average Bonchev–Trinajstić information content (AvgIpc) is 2.93. The standard InChI is InChI=1S/C20H21BrF3NO3/c1-12-15(19(26)27)10-17(25(12)11-13-5-3-2-4-6-13)16-9-14(21)7-8-18(16)28-20(22,23)24/h7-10,13H,2-6,11H2,1H3,(H,26,27). The number of carboxylic acids is 1. The maximum atomic E-state index is 12.9. The number of aromatic carboxylic acids is 1. The van der Waals surface area contributed by atoms with E-state index < -0.39 is 12.3 Å². The van der Waals surface area contributed by atoms with Crippen molar-refractivity contribution < 1.29 is 27.8 Å². The lowest BCUT2D eigenvalue weighted by Gasteiger charge is -2.24. The number of ether oxygens (including phenoxy) is 1. The topological polar surface area (TPSA) is 51.5 Å². The number of benzene rings is 1. The van der Waals surface area contributed by atoms with E-state index in [0.717, 1.165) is 25.7 Å². The van der Waals surface area contributed by atoms with Crippen LogP contribution in [-0.2, 0) is 6.54 Å². The Morgan fingerprint density at radius 1 is 1.25 bits per heavy atom. The first kappa shape index (κ1) is 20.8. The summed E-state index contributed by atoms with van der Waals surface area (Å²) in [4.78, 5) is 11.7. The molecule has 0 spiro atoms. The summed E-state index contributed by atoms with van der Waals surface area (Å²) in [6.07, 6.45) is 0.641. The summed E-state index contributed by atoms with van der Waals surface area (Å²) in [6.45, 7) is 2.27. The van der Waals surface area contributed by atoms with Crippen molar-refractivity contribution >= 4 is 21.9 Å². The molecule has 4 nitrogen and oxygen atoms in total. The molecular formula is C20H21BrF3NO3. The maximum Gasteiger partial charge on any atom is 0.573 e. The predicted molar refractivity (Wildman–Crippen MR) is 103 cm³/mol. The Labute approximate surface area is 169 Å². The van der Waals surface area contributed by atoms with E-state index in [1.54, 1.807) is 6.92 Å². The summed E-state index contributed by atoms with van der Waals surface area (Å²) in [5, 5.41) is 9.53. The second-order valence-electron chi connectivity index (χ2n) is 7.14. The minimum atomic E-state index is -4.84. The normalized spacial score (nSPS) is 15.6. The van der Waals surface area contributed by atoms with Crippen molar-refractivity contribution in [1.82, 2.24) is 4.57 Å². The molecule has 0 bridgehead atoms. The molecule has 1 aliphatic carbocycles. The van der Waals surface area contributed by atoms with Crippen molar-refractivity contribution in [3.63, 3.8) is 0 Å². The molecule has 1 aromatic heterocycles. The lowest BCUT2D eigenvalue weighted by Crippen LogP contribution is -2.19. The lowest BCUT2D eigenvalue weighted by molar-refractivity contribution is -0.274. The van der Waals surface area contributed by atoms with Gasteiger partial charge in [0.15, 0.2) is 0 Å². The van der Waals surface area contributed by atoms with Gasteiger partial charge in [0, 0.05) is 22.3 Å². The Hall–Kier alpha value is -1.96. The lowest BCUT2D eigenvalue weighted by atomic mass is 9.89. The fourth-order valence-corrected chi connectivity index (χ4v) is 4.23. The van der Waals surface area contributed by atoms with Crippen LogP contribution in [0.3, 0.4) is 0 Å². The van der Waals surface area contributed by atoms with E-state index in [1.165, 1.54) is 30.7 Å². The number of aromatic nitrogens is 1.